The summed E-state index contributed by atoms with van der Waals surface area (Å²) in [5, 5.41) is 3.58. The molecule has 1 aliphatic rings. The molecule has 1 aromatic carbocycles. The fourth-order valence-corrected chi connectivity index (χ4v) is 2.31. The molecule has 2 heteroatoms. The quantitative estimate of drug-likeness (QED) is 0.761. The highest BCUT2D eigenvalue weighted by atomic mass is 15.1. The molecule has 0 saturated carbocycles. The van der Waals surface area contributed by atoms with E-state index in [2.05, 4.69) is 48.0 Å². The van der Waals surface area contributed by atoms with Crippen LogP contribution in [0.1, 0.15) is 12.5 Å². The van der Waals surface area contributed by atoms with E-state index in [0.717, 1.165) is 26.1 Å². The van der Waals surface area contributed by atoms with E-state index >= 15 is 0 Å². The van der Waals surface area contributed by atoms with Crippen molar-refractivity contribution in [2.75, 3.05) is 25.0 Å². The number of fused-ring (bicyclic) bond motifs is 1. The second-order valence-corrected chi connectivity index (χ2v) is 4.34. The minimum Gasteiger partial charge on any atom is -0.380 e. The van der Waals surface area contributed by atoms with Gasteiger partial charge in [0.15, 0.2) is 0 Å². The molecule has 2 nitrogen and oxygen atoms in total. The Labute approximate surface area is 98.0 Å². The van der Waals surface area contributed by atoms with Crippen LogP contribution in [0.3, 0.4) is 0 Å². The largest absolute Gasteiger partial charge is 0.380 e. The second-order valence-electron chi connectivity index (χ2n) is 4.34. The lowest BCUT2D eigenvalue weighted by Crippen LogP contribution is -2.35. The summed E-state index contributed by atoms with van der Waals surface area (Å²) in [7, 11) is 0. The normalized spacial score (nSPS) is 18.2. The number of anilines is 1. The zero-order valence-electron chi connectivity index (χ0n) is 9.95. The maximum Gasteiger partial charge on any atom is 0.0429 e. The van der Waals surface area contributed by atoms with Crippen LogP contribution in [0.15, 0.2) is 36.9 Å². The first-order chi connectivity index (χ1) is 7.83. The van der Waals surface area contributed by atoms with Gasteiger partial charge in [-0.25, -0.2) is 0 Å². The number of nitrogens with zero attached hydrogens (tertiary/aromatic N) is 1. The van der Waals surface area contributed by atoms with Crippen LogP contribution in [0.2, 0.25) is 0 Å². The summed E-state index contributed by atoms with van der Waals surface area (Å²) in [6.45, 7) is 9.16. The smallest absolute Gasteiger partial charge is 0.0429 e. The minimum atomic E-state index is 0.553. The monoisotopic (exact) mass is 216 g/mol. The summed E-state index contributed by atoms with van der Waals surface area (Å²) in [5.41, 5.74) is 2.75. The first kappa shape index (κ1) is 11.2. The molecule has 1 heterocycles. The van der Waals surface area contributed by atoms with E-state index in [0.29, 0.717) is 6.04 Å². The van der Waals surface area contributed by atoms with Gasteiger partial charge in [0.05, 0.1) is 0 Å². The maximum absolute atomic E-state index is 3.80. The van der Waals surface area contributed by atoms with E-state index in [1.807, 2.05) is 6.08 Å². The van der Waals surface area contributed by atoms with Crippen LogP contribution in [0.5, 0.6) is 0 Å². The topological polar surface area (TPSA) is 15.3 Å². The molecule has 0 saturated heterocycles. The third-order valence-electron chi connectivity index (χ3n) is 3.16. The van der Waals surface area contributed by atoms with Crippen molar-refractivity contribution >= 4 is 5.69 Å². The molecule has 0 aromatic heterocycles. The highest BCUT2D eigenvalue weighted by Crippen LogP contribution is 2.25. The van der Waals surface area contributed by atoms with Gasteiger partial charge in [-0.05, 0) is 24.6 Å². The molecule has 1 unspecified atom stereocenters. The van der Waals surface area contributed by atoms with Crippen molar-refractivity contribution in [3.63, 3.8) is 0 Å². The highest BCUT2D eigenvalue weighted by Gasteiger charge is 2.21. The third-order valence-corrected chi connectivity index (χ3v) is 3.16. The van der Waals surface area contributed by atoms with Crippen LogP contribution in [0.25, 0.3) is 0 Å². The van der Waals surface area contributed by atoms with Gasteiger partial charge >= 0.3 is 0 Å². The van der Waals surface area contributed by atoms with E-state index in [1.165, 1.54) is 11.3 Å². The molecule has 1 aliphatic heterocycles. The minimum absolute atomic E-state index is 0.553. The molecule has 0 fully saturated rings. The molecule has 86 valence electrons. The summed E-state index contributed by atoms with van der Waals surface area (Å²) >= 11 is 0. The summed E-state index contributed by atoms with van der Waals surface area (Å²) < 4.78 is 0. The number of rotatable bonds is 5. The summed E-state index contributed by atoms with van der Waals surface area (Å²) in [6.07, 6.45) is 3.12. The molecule has 1 atom stereocenters. The second kappa shape index (κ2) is 5.17. The molecule has 0 radical (unpaired) electrons. The van der Waals surface area contributed by atoms with Crippen molar-refractivity contribution < 1.29 is 0 Å². The van der Waals surface area contributed by atoms with Gasteiger partial charge in [-0.15, -0.1) is 6.58 Å². The van der Waals surface area contributed by atoms with Gasteiger partial charge in [0.1, 0.15) is 0 Å². The number of likely N-dealkylation sites (N-methyl/N-ethyl adjacent to an activating group) is 1. The van der Waals surface area contributed by atoms with E-state index in [9.17, 15) is 0 Å². The molecule has 0 bridgehead atoms. The zero-order valence-corrected chi connectivity index (χ0v) is 9.95. The van der Waals surface area contributed by atoms with Gasteiger partial charge in [-0.3, -0.25) is 4.90 Å². The Kier molecular flexibility index (Phi) is 3.62. The molecule has 0 spiro atoms. The van der Waals surface area contributed by atoms with Crippen LogP contribution in [-0.4, -0.2) is 30.6 Å². The Bertz CT molecular complexity index is 335. The Balaban J connectivity index is 1.93. The summed E-state index contributed by atoms with van der Waals surface area (Å²) in [6, 6.07) is 9.14. The van der Waals surface area contributed by atoms with Gasteiger partial charge in [0.2, 0.25) is 0 Å². The Hall–Kier alpha value is -1.28. The van der Waals surface area contributed by atoms with E-state index in [4.69, 9.17) is 0 Å². The highest BCUT2D eigenvalue weighted by molar-refractivity contribution is 5.56. The molecule has 0 amide bonds. The van der Waals surface area contributed by atoms with Gasteiger partial charge in [-0.2, -0.15) is 0 Å². The average Bonchev–Trinajstić information content (AvgIpc) is 2.70. The SMILES string of the molecule is C=CCN(CC)CC1Cc2ccccc2N1. The molecule has 2 rings (SSSR count). The van der Waals surface area contributed by atoms with Gasteiger partial charge in [0, 0.05) is 24.8 Å². The molecule has 1 N–H and O–H groups in total. The number of para-hydroxylation sites is 1. The van der Waals surface area contributed by atoms with Crippen LogP contribution < -0.4 is 5.32 Å². The summed E-state index contributed by atoms with van der Waals surface area (Å²) in [5.74, 6) is 0. The Morgan fingerprint density at radius 1 is 1.50 bits per heavy atom. The molecule has 0 aliphatic carbocycles. The van der Waals surface area contributed by atoms with Crippen LogP contribution in [-0.2, 0) is 6.42 Å². The van der Waals surface area contributed by atoms with E-state index in [1.54, 1.807) is 0 Å². The van der Waals surface area contributed by atoms with Crippen LogP contribution >= 0.6 is 0 Å². The zero-order chi connectivity index (χ0) is 11.4. The lowest BCUT2D eigenvalue weighted by Gasteiger charge is -2.22. The number of hydrogen-bond donors (Lipinski definition) is 1. The van der Waals surface area contributed by atoms with E-state index < -0.39 is 0 Å². The molecular formula is C14H20N2. The van der Waals surface area contributed by atoms with Gasteiger partial charge < -0.3 is 5.32 Å². The van der Waals surface area contributed by atoms with Crippen molar-refractivity contribution in [3.8, 4) is 0 Å². The Morgan fingerprint density at radius 3 is 3.00 bits per heavy atom. The van der Waals surface area contributed by atoms with Crippen molar-refractivity contribution in [1.82, 2.24) is 4.90 Å². The number of hydrogen-bond acceptors (Lipinski definition) is 2. The summed E-state index contributed by atoms with van der Waals surface area (Å²) in [4.78, 5) is 2.41. The van der Waals surface area contributed by atoms with Crippen molar-refractivity contribution in [3.05, 3.63) is 42.5 Å². The fraction of sp³-hybridized carbons (Fsp3) is 0.429. The lowest BCUT2D eigenvalue weighted by atomic mass is 10.1. The predicted molar refractivity (Wildman–Crippen MR) is 69.9 cm³/mol. The lowest BCUT2D eigenvalue weighted by molar-refractivity contribution is 0.305. The third kappa shape index (κ3) is 2.45. The predicted octanol–water partition coefficient (Wildman–Crippen LogP) is 2.53. The number of nitrogens with one attached hydrogen (secondary N) is 1. The number of benzene rings is 1. The van der Waals surface area contributed by atoms with Gasteiger partial charge in [-0.1, -0.05) is 31.2 Å². The average molecular weight is 216 g/mol. The van der Waals surface area contributed by atoms with Crippen molar-refractivity contribution in [2.45, 2.75) is 19.4 Å². The van der Waals surface area contributed by atoms with Crippen LogP contribution in [0, 0.1) is 0 Å². The maximum atomic E-state index is 3.80. The molecule has 16 heavy (non-hydrogen) atoms. The molecule has 1 aromatic rings. The standard InChI is InChI=1S/C14H20N2/c1-3-9-16(4-2)11-13-10-12-7-5-6-8-14(12)15-13/h3,5-8,13,15H,1,4,9-11H2,2H3. The van der Waals surface area contributed by atoms with Gasteiger partial charge in [0.25, 0.3) is 0 Å². The Morgan fingerprint density at radius 2 is 2.31 bits per heavy atom. The van der Waals surface area contributed by atoms with Crippen LogP contribution in [0.4, 0.5) is 5.69 Å². The molecular weight excluding hydrogens is 196 g/mol. The van der Waals surface area contributed by atoms with Crippen molar-refractivity contribution in [2.24, 2.45) is 0 Å². The fourth-order valence-electron chi connectivity index (χ4n) is 2.31. The first-order valence-electron chi connectivity index (χ1n) is 6.01. The van der Waals surface area contributed by atoms with Crippen molar-refractivity contribution in [1.29, 1.82) is 0 Å². The van der Waals surface area contributed by atoms with E-state index in [-0.39, 0.29) is 0 Å². The first-order valence-corrected chi connectivity index (χ1v) is 6.01.